The van der Waals surface area contributed by atoms with E-state index in [9.17, 15) is 22.0 Å². The fourth-order valence-corrected chi connectivity index (χ4v) is 5.41. The third-order valence-electron chi connectivity index (χ3n) is 4.92. The molecule has 0 aliphatic heterocycles. The largest absolute Gasteiger partial charge is 0.310 e. The van der Waals surface area contributed by atoms with Crippen LogP contribution in [0.5, 0.6) is 0 Å². The van der Waals surface area contributed by atoms with E-state index >= 15 is 0 Å². The lowest BCUT2D eigenvalue weighted by Crippen LogP contribution is -2.17. The number of hydrogen-bond donors (Lipinski definition) is 1. The monoisotopic (exact) mass is 499 g/mol. The van der Waals surface area contributed by atoms with Gasteiger partial charge in [0.2, 0.25) is 0 Å². The number of benzene rings is 3. The minimum Gasteiger partial charge on any atom is -0.310 e. The molecule has 4 aromatic rings. The first-order chi connectivity index (χ1) is 16.2. The van der Waals surface area contributed by atoms with Crippen LogP contribution >= 0.6 is 11.3 Å². The Hall–Kier alpha value is -3.63. The van der Waals surface area contributed by atoms with E-state index in [1.54, 1.807) is 12.1 Å². The van der Waals surface area contributed by atoms with Crippen LogP contribution in [0.2, 0.25) is 0 Å². The van der Waals surface area contributed by atoms with E-state index in [-0.39, 0.29) is 33.0 Å². The molecule has 1 aromatic heterocycles. The highest BCUT2D eigenvalue weighted by Gasteiger charge is 2.16. The summed E-state index contributed by atoms with van der Waals surface area (Å²) in [5.41, 5.74) is 1.55. The minimum atomic E-state index is -3.78. The van der Waals surface area contributed by atoms with E-state index in [1.807, 2.05) is 6.92 Å². The lowest BCUT2D eigenvalue weighted by atomic mass is 10.2. The predicted molar refractivity (Wildman–Crippen MR) is 128 cm³/mol. The maximum absolute atomic E-state index is 14.4. The van der Waals surface area contributed by atoms with Gasteiger partial charge in [-0.3, -0.25) is 9.52 Å². The quantitative estimate of drug-likeness (QED) is 0.379. The molecule has 6 nitrogen and oxygen atoms in total. The normalized spacial score (nSPS) is 12.1. The number of hydrogen-bond acceptors (Lipinski definition) is 4. The molecule has 0 atom stereocenters. The summed E-state index contributed by atoms with van der Waals surface area (Å²) in [5.74, 6) is -2.09. The molecular weight excluding hydrogens is 480 g/mol. The lowest BCUT2D eigenvalue weighted by Gasteiger charge is -2.08. The van der Waals surface area contributed by atoms with Crippen LogP contribution in [0.1, 0.15) is 15.9 Å². The summed E-state index contributed by atoms with van der Waals surface area (Å²) in [6.07, 6.45) is 1.52. The molecule has 0 saturated heterocycles. The molecule has 1 amide bonds. The van der Waals surface area contributed by atoms with Gasteiger partial charge in [0.15, 0.2) is 10.6 Å². The molecule has 4 rings (SSSR count). The van der Waals surface area contributed by atoms with Crippen molar-refractivity contribution in [2.45, 2.75) is 18.4 Å². The number of rotatable bonds is 6. The average Bonchev–Trinajstić information content (AvgIpc) is 3.11. The van der Waals surface area contributed by atoms with E-state index in [4.69, 9.17) is 0 Å². The van der Waals surface area contributed by atoms with Crippen molar-refractivity contribution in [3.05, 3.63) is 101 Å². The molecule has 0 radical (unpaired) electrons. The second-order valence-corrected chi connectivity index (χ2v) is 10.1. The molecule has 0 aliphatic rings. The molecule has 1 N–H and O–H groups in total. The van der Waals surface area contributed by atoms with Crippen molar-refractivity contribution in [3.8, 4) is 0 Å². The molecule has 1 heterocycles. The molecule has 0 bridgehead atoms. The van der Waals surface area contributed by atoms with Gasteiger partial charge >= 0.3 is 0 Å². The molecule has 0 unspecified atom stereocenters. The Labute approximate surface area is 198 Å². The maximum Gasteiger partial charge on any atom is 0.279 e. The Kier molecular flexibility index (Phi) is 6.45. The van der Waals surface area contributed by atoms with Gasteiger partial charge in [0.1, 0.15) is 5.82 Å². The Morgan fingerprint density at radius 1 is 1.12 bits per heavy atom. The van der Waals surface area contributed by atoms with Crippen molar-refractivity contribution in [2.24, 2.45) is 4.99 Å². The topological polar surface area (TPSA) is 80.5 Å². The number of carbonyl (C=O) groups is 1. The Balaban J connectivity index is 1.63. The van der Waals surface area contributed by atoms with E-state index < -0.39 is 27.6 Å². The average molecular weight is 500 g/mol. The summed E-state index contributed by atoms with van der Waals surface area (Å²) in [6.45, 7) is 5.67. The Morgan fingerprint density at radius 2 is 1.79 bits per heavy atom. The van der Waals surface area contributed by atoms with Gasteiger partial charge < -0.3 is 4.57 Å². The number of halogens is 2. The summed E-state index contributed by atoms with van der Waals surface area (Å²) in [4.78, 5) is 17.1. The van der Waals surface area contributed by atoms with Crippen LogP contribution in [0.25, 0.3) is 10.2 Å². The first-order valence-electron chi connectivity index (χ1n) is 10.1. The number of allylic oxidation sites excluding steroid dienone is 1. The van der Waals surface area contributed by atoms with Crippen LogP contribution < -0.4 is 9.52 Å². The standard InChI is InChI=1S/C24H19F2N3O3S2/c1-3-12-29-22-20(26)13-17(25)14-21(22)33-24(29)27-23(30)16-6-8-18(9-7-16)28-34(31,32)19-10-4-15(2)5-11-19/h3-11,13-14,28H,1,12H2,2H3. The van der Waals surface area contributed by atoms with Crippen LogP contribution in [-0.2, 0) is 16.6 Å². The third-order valence-corrected chi connectivity index (χ3v) is 7.34. The lowest BCUT2D eigenvalue weighted by molar-refractivity contribution is 0.0998. The number of thiazole rings is 1. The van der Waals surface area contributed by atoms with E-state index in [0.717, 1.165) is 23.0 Å². The smallest absolute Gasteiger partial charge is 0.279 e. The van der Waals surface area contributed by atoms with Crippen molar-refractivity contribution >= 4 is 43.2 Å². The number of aryl methyl sites for hydroxylation is 1. The number of nitrogens with zero attached hydrogens (tertiary/aromatic N) is 2. The van der Waals surface area contributed by atoms with Crippen molar-refractivity contribution in [1.29, 1.82) is 0 Å². The molecule has 3 aromatic carbocycles. The van der Waals surface area contributed by atoms with Gasteiger partial charge in [-0.15, -0.1) is 6.58 Å². The van der Waals surface area contributed by atoms with Crippen LogP contribution in [0.4, 0.5) is 14.5 Å². The number of carbonyl (C=O) groups excluding carboxylic acids is 1. The second-order valence-electron chi connectivity index (χ2n) is 7.43. The van der Waals surface area contributed by atoms with Gasteiger partial charge in [0.25, 0.3) is 15.9 Å². The summed E-state index contributed by atoms with van der Waals surface area (Å²) in [6, 6.07) is 14.1. The summed E-state index contributed by atoms with van der Waals surface area (Å²) in [7, 11) is -3.78. The fraction of sp³-hybridized carbons (Fsp3) is 0.0833. The Bertz CT molecular complexity index is 1570. The first-order valence-corrected chi connectivity index (χ1v) is 12.4. The molecule has 34 heavy (non-hydrogen) atoms. The van der Waals surface area contributed by atoms with E-state index in [2.05, 4.69) is 16.3 Å². The van der Waals surface area contributed by atoms with Gasteiger partial charge in [0.05, 0.1) is 15.1 Å². The van der Waals surface area contributed by atoms with Crippen LogP contribution in [0, 0.1) is 18.6 Å². The van der Waals surface area contributed by atoms with Crippen molar-refractivity contribution in [3.63, 3.8) is 0 Å². The summed E-state index contributed by atoms with van der Waals surface area (Å²) in [5, 5.41) is 0. The molecular formula is C24H19F2N3O3S2. The predicted octanol–water partition coefficient (Wildman–Crippen LogP) is 5.02. The molecule has 10 heteroatoms. The van der Waals surface area contributed by atoms with Crippen molar-refractivity contribution < 1.29 is 22.0 Å². The molecule has 0 fully saturated rings. The van der Waals surface area contributed by atoms with Gasteiger partial charge in [-0.1, -0.05) is 35.1 Å². The zero-order chi connectivity index (χ0) is 24.5. The number of nitrogens with one attached hydrogen (secondary N) is 1. The van der Waals surface area contributed by atoms with Crippen LogP contribution in [0.3, 0.4) is 0 Å². The van der Waals surface area contributed by atoms with Crippen LogP contribution in [0.15, 0.2) is 83.2 Å². The van der Waals surface area contributed by atoms with Gasteiger partial charge in [-0.2, -0.15) is 4.99 Å². The second kappa shape index (κ2) is 9.32. The third kappa shape index (κ3) is 4.82. The number of amides is 1. The van der Waals surface area contributed by atoms with E-state index in [1.165, 1.54) is 53.1 Å². The summed E-state index contributed by atoms with van der Waals surface area (Å²) < 4.78 is 57.3. The summed E-state index contributed by atoms with van der Waals surface area (Å²) >= 11 is 0.981. The molecule has 174 valence electrons. The maximum atomic E-state index is 14.4. The zero-order valence-electron chi connectivity index (χ0n) is 18.0. The van der Waals surface area contributed by atoms with Gasteiger partial charge in [-0.05, 0) is 49.4 Å². The van der Waals surface area contributed by atoms with Crippen molar-refractivity contribution in [2.75, 3.05) is 4.72 Å². The number of sulfonamides is 1. The molecule has 0 spiro atoms. The highest BCUT2D eigenvalue weighted by molar-refractivity contribution is 7.92. The Morgan fingerprint density at radius 3 is 2.44 bits per heavy atom. The molecule has 0 aliphatic carbocycles. The zero-order valence-corrected chi connectivity index (χ0v) is 19.6. The van der Waals surface area contributed by atoms with Gasteiger partial charge in [0, 0.05) is 23.9 Å². The highest BCUT2D eigenvalue weighted by Crippen LogP contribution is 2.23. The van der Waals surface area contributed by atoms with Crippen molar-refractivity contribution in [1.82, 2.24) is 4.57 Å². The fourth-order valence-electron chi connectivity index (χ4n) is 3.28. The van der Waals surface area contributed by atoms with Gasteiger partial charge in [-0.25, -0.2) is 17.2 Å². The number of aromatic nitrogens is 1. The SMILES string of the molecule is C=CCn1c(=NC(=O)c2ccc(NS(=O)(=O)c3ccc(C)cc3)cc2)sc2cc(F)cc(F)c21. The molecule has 0 saturated carbocycles. The highest BCUT2D eigenvalue weighted by atomic mass is 32.2. The number of anilines is 1. The van der Waals surface area contributed by atoms with E-state index in [0.29, 0.717) is 4.70 Å². The van der Waals surface area contributed by atoms with Crippen LogP contribution in [-0.4, -0.2) is 18.9 Å². The minimum absolute atomic E-state index is 0.119. The number of fused-ring (bicyclic) bond motifs is 1. The first kappa shape index (κ1) is 23.5.